The van der Waals surface area contributed by atoms with Gasteiger partial charge in [-0.1, -0.05) is 0 Å². The minimum Gasteiger partial charge on any atom is -0.465 e. The van der Waals surface area contributed by atoms with Crippen molar-refractivity contribution in [1.29, 1.82) is 0 Å². The lowest BCUT2D eigenvalue weighted by atomic mass is 10.1. The highest BCUT2D eigenvalue weighted by atomic mass is 16.4. The van der Waals surface area contributed by atoms with E-state index in [1.807, 2.05) is 13.2 Å². The zero-order valence-corrected chi connectivity index (χ0v) is 9.26. The van der Waals surface area contributed by atoms with Gasteiger partial charge in [-0.15, -0.1) is 0 Å². The Balaban J connectivity index is 1.92. The minimum absolute atomic E-state index is 0.189. The number of aromatic nitrogens is 2. The first kappa shape index (κ1) is 10.8. The highest BCUT2D eigenvalue weighted by molar-refractivity contribution is 5.65. The van der Waals surface area contributed by atoms with Gasteiger partial charge in [-0.05, 0) is 12.8 Å². The third-order valence-corrected chi connectivity index (χ3v) is 2.77. The lowest BCUT2D eigenvalue weighted by Crippen LogP contribution is -2.44. The number of rotatable bonds is 2. The van der Waals surface area contributed by atoms with E-state index in [1.165, 1.54) is 4.90 Å². The number of anilines is 1. The molecule has 1 fully saturated rings. The van der Waals surface area contributed by atoms with Gasteiger partial charge >= 0.3 is 6.09 Å². The number of carbonyl (C=O) groups is 1. The zero-order valence-electron chi connectivity index (χ0n) is 9.26. The van der Waals surface area contributed by atoms with Crippen LogP contribution in [0.5, 0.6) is 0 Å². The van der Waals surface area contributed by atoms with Gasteiger partial charge in [0, 0.05) is 32.4 Å². The predicted octanol–water partition coefficient (Wildman–Crippen LogP) is 0.974. The van der Waals surface area contributed by atoms with Crippen molar-refractivity contribution in [2.24, 2.45) is 7.05 Å². The third-order valence-electron chi connectivity index (χ3n) is 2.77. The summed E-state index contributed by atoms with van der Waals surface area (Å²) in [7, 11) is 1.86. The summed E-state index contributed by atoms with van der Waals surface area (Å²) in [4.78, 5) is 12.3. The molecule has 2 N–H and O–H groups in total. The maximum absolute atomic E-state index is 10.8. The van der Waals surface area contributed by atoms with Crippen molar-refractivity contribution in [2.45, 2.75) is 18.9 Å². The summed E-state index contributed by atoms with van der Waals surface area (Å²) < 4.78 is 1.72. The van der Waals surface area contributed by atoms with Gasteiger partial charge in [-0.25, -0.2) is 4.79 Å². The molecule has 1 amide bonds. The first-order valence-corrected chi connectivity index (χ1v) is 5.38. The molecule has 1 atom stereocenters. The molecule has 2 rings (SSSR count). The standard InChI is InChI=1S/C10H16N4O2/c1-13-6-9(5-11-13)12-8-3-2-4-14(7-8)10(15)16/h5-6,8,12H,2-4,7H2,1H3,(H,15,16)/t8-/m1/s1. The topological polar surface area (TPSA) is 70.4 Å². The fourth-order valence-electron chi connectivity index (χ4n) is 2.00. The van der Waals surface area contributed by atoms with E-state index < -0.39 is 6.09 Å². The minimum atomic E-state index is -0.835. The lowest BCUT2D eigenvalue weighted by molar-refractivity contribution is 0.133. The number of nitrogens with one attached hydrogen (secondary N) is 1. The van der Waals surface area contributed by atoms with Crippen LogP contribution in [0, 0.1) is 0 Å². The second kappa shape index (κ2) is 4.42. The van der Waals surface area contributed by atoms with Crippen LogP contribution in [-0.4, -0.2) is 45.0 Å². The van der Waals surface area contributed by atoms with Crippen molar-refractivity contribution in [3.05, 3.63) is 12.4 Å². The molecule has 0 radical (unpaired) electrons. The van der Waals surface area contributed by atoms with Gasteiger partial charge in [-0.2, -0.15) is 5.10 Å². The predicted molar refractivity (Wildman–Crippen MR) is 59.5 cm³/mol. The molecule has 0 aromatic carbocycles. The van der Waals surface area contributed by atoms with Crippen molar-refractivity contribution >= 4 is 11.8 Å². The Morgan fingerprint density at radius 2 is 2.50 bits per heavy atom. The van der Waals surface area contributed by atoms with Crippen LogP contribution in [0.2, 0.25) is 0 Å². The van der Waals surface area contributed by atoms with E-state index in [0.717, 1.165) is 18.5 Å². The maximum atomic E-state index is 10.8. The first-order chi connectivity index (χ1) is 7.65. The van der Waals surface area contributed by atoms with Crippen LogP contribution in [-0.2, 0) is 7.05 Å². The van der Waals surface area contributed by atoms with E-state index in [1.54, 1.807) is 10.9 Å². The van der Waals surface area contributed by atoms with Crippen LogP contribution in [0.25, 0.3) is 0 Å². The molecule has 1 aromatic rings. The SMILES string of the molecule is Cn1cc(N[C@@H]2CCCN(C(=O)O)C2)cn1. The van der Waals surface area contributed by atoms with E-state index in [9.17, 15) is 4.79 Å². The summed E-state index contributed by atoms with van der Waals surface area (Å²) >= 11 is 0. The lowest BCUT2D eigenvalue weighted by Gasteiger charge is -2.31. The summed E-state index contributed by atoms with van der Waals surface area (Å²) in [6.07, 6.45) is 4.71. The third kappa shape index (κ3) is 2.44. The molecule has 6 nitrogen and oxygen atoms in total. The number of hydrogen-bond acceptors (Lipinski definition) is 3. The smallest absolute Gasteiger partial charge is 0.407 e. The monoisotopic (exact) mass is 224 g/mol. The van der Waals surface area contributed by atoms with Crippen LogP contribution < -0.4 is 5.32 Å². The zero-order chi connectivity index (χ0) is 11.5. The average molecular weight is 224 g/mol. The highest BCUT2D eigenvalue weighted by Crippen LogP contribution is 2.15. The quantitative estimate of drug-likeness (QED) is 0.785. The van der Waals surface area contributed by atoms with Crippen LogP contribution in [0.3, 0.4) is 0 Å². The molecule has 2 heterocycles. The van der Waals surface area contributed by atoms with Crippen molar-refractivity contribution in [2.75, 3.05) is 18.4 Å². The largest absolute Gasteiger partial charge is 0.465 e. The Labute approximate surface area is 93.9 Å². The Hall–Kier alpha value is -1.72. The van der Waals surface area contributed by atoms with Gasteiger partial charge in [-0.3, -0.25) is 4.68 Å². The van der Waals surface area contributed by atoms with E-state index in [0.29, 0.717) is 13.1 Å². The van der Waals surface area contributed by atoms with Crippen molar-refractivity contribution < 1.29 is 9.90 Å². The summed E-state index contributed by atoms with van der Waals surface area (Å²) in [6.45, 7) is 1.19. The molecule has 1 saturated heterocycles. The van der Waals surface area contributed by atoms with E-state index >= 15 is 0 Å². The fourth-order valence-corrected chi connectivity index (χ4v) is 2.00. The number of nitrogens with zero attached hydrogens (tertiary/aromatic N) is 3. The molecule has 6 heteroatoms. The summed E-state index contributed by atoms with van der Waals surface area (Å²) in [5.74, 6) is 0. The molecule has 0 bridgehead atoms. The number of aryl methyl sites for hydroxylation is 1. The van der Waals surface area contributed by atoms with Gasteiger partial charge in [0.05, 0.1) is 11.9 Å². The Morgan fingerprint density at radius 1 is 1.69 bits per heavy atom. The molecule has 0 aliphatic carbocycles. The number of carboxylic acid groups (broad SMARTS) is 1. The van der Waals surface area contributed by atoms with Gasteiger partial charge in [0.25, 0.3) is 0 Å². The number of piperidine rings is 1. The van der Waals surface area contributed by atoms with Crippen molar-refractivity contribution in [1.82, 2.24) is 14.7 Å². The van der Waals surface area contributed by atoms with E-state index in [-0.39, 0.29) is 6.04 Å². The highest BCUT2D eigenvalue weighted by Gasteiger charge is 2.23. The molecule has 16 heavy (non-hydrogen) atoms. The van der Waals surface area contributed by atoms with Gasteiger partial charge in [0.1, 0.15) is 0 Å². The van der Waals surface area contributed by atoms with Crippen molar-refractivity contribution in [3.63, 3.8) is 0 Å². The van der Waals surface area contributed by atoms with Gasteiger partial charge in [0.2, 0.25) is 0 Å². The normalized spacial score (nSPS) is 20.8. The van der Waals surface area contributed by atoms with Crippen LogP contribution in [0.1, 0.15) is 12.8 Å². The van der Waals surface area contributed by atoms with Crippen LogP contribution in [0.4, 0.5) is 10.5 Å². The van der Waals surface area contributed by atoms with Gasteiger partial charge in [0.15, 0.2) is 0 Å². The van der Waals surface area contributed by atoms with Crippen molar-refractivity contribution in [3.8, 4) is 0 Å². The Kier molecular flexibility index (Phi) is 2.98. The number of amides is 1. The number of hydrogen-bond donors (Lipinski definition) is 2. The van der Waals surface area contributed by atoms with E-state index in [2.05, 4.69) is 10.4 Å². The van der Waals surface area contributed by atoms with Crippen LogP contribution in [0.15, 0.2) is 12.4 Å². The number of likely N-dealkylation sites (tertiary alicyclic amines) is 1. The summed E-state index contributed by atoms with van der Waals surface area (Å²) in [5.41, 5.74) is 0.944. The molecular weight excluding hydrogens is 208 g/mol. The molecule has 0 saturated carbocycles. The van der Waals surface area contributed by atoms with Gasteiger partial charge < -0.3 is 15.3 Å². The van der Waals surface area contributed by atoms with E-state index in [4.69, 9.17) is 5.11 Å². The molecule has 0 unspecified atom stereocenters. The Morgan fingerprint density at radius 3 is 3.12 bits per heavy atom. The molecule has 1 aliphatic rings. The summed E-state index contributed by atoms with van der Waals surface area (Å²) in [6, 6.07) is 0.189. The summed E-state index contributed by atoms with van der Waals surface area (Å²) in [5, 5.41) is 16.3. The molecular formula is C10H16N4O2. The van der Waals surface area contributed by atoms with Crippen LogP contribution >= 0.6 is 0 Å². The molecule has 0 spiro atoms. The average Bonchev–Trinajstić information content (AvgIpc) is 2.64. The molecule has 1 aromatic heterocycles. The first-order valence-electron chi connectivity index (χ1n) is 5.38. The molecule has 1 aliphatic heterocycles. The second-order valence-electron chi connectivity index (χ2n) is 4.11. The Bertz CT molecular complexity index is 377. The molecule has 88 valence electrons. The second-order valence-corrected chi connectivity index (χ2v) is 4.11. The fraction of sp³-hybridized carbons (Fsp3) is 0.600. The maximum Gasteiger partial charge on any atom is 0.407 e.